The van der Waals surface area contributed by atoms with Gasteiger partial charge in [-0.1, -0.05) is 41.5 Å². The van der Waals surface area contributed by atoms with E-state index in [9.17, 15) is 9.90 Å². The second-order valence-electron chi connectivity index (χ2n) is 13.7. The van der Waals surface area contributed by atoms with Gasteiger partial charge in [0, 0.05) is 11.3 Å². The van der Waals surface area contributed by atoms with Crippen LogP contribution in [0.2, 0.25) is 0 Å². The predicted molar refractivity (Wildman–Crippen MR) is 110 cm³/mol. The van der Waals surface area contributed by atoms with Gasteiger partial charge in [-0.15, -0.1) is 0 Å². The molecule has 0 heterocycles. The standard InChI is InChI=1S/C25H40O3/c1-21(2,3)14-18(22(4,5)6)20(26)28-25-12-16-8-19-23(25,10-16)9-15-7-17(25)13-24(19,27)11-15/h15-19,27H,7-14H2,1-6H3. The molecule has 8 atom stereocenters. The number of hydrogen-bond acceptors (Lipinski definition) is 3. The largest absolute Gasteiger partial charge is 0.458 e. The summed E-state index contributed by atoms with van der Waals surface area (Å²) in [5, 5.41) is 11.5. The molecule has 0 saturated heterocycles. The smallest absolute Gasteiger partial charge is 0.310 e. The molecular formula is C25H40O3. The van der Waals surface area contributed by atoms with E-state index in [-0.39, 0.29) is 33.7 Å². The summed E-state index contributed by atoms with van der Waals surface area (Å²) < 4.78 is 6.76. The van der Waals surface area contributed by atoms with Crippen molar-refractivity contribution >= 4 is 5.97 Å². The Morgan fingerprint density at radius 1 is 1.00 bits per heavy atom. The number of hydrogen-bond donors (Lipinski definition) is 1. The molecule has 0 aromatic carbocycles. The Kier molecular flexibility index (Phi) is 3.72. The van der Waals surface area contributed by atoms with Gasteiger partial charge < -0.3 is 9.84 Å². The van der Waals surface area contributed by atoms with E-state index in [1.165, 1.54) is 19.3 Å². The van der Waals surface area contributed by atoms with E-state index in [1.807, 2.05) is 0 Å². The third-order valence-corrected chi connectivity index (χ3v) is 9.57. The Morgan fingerprint density at radius 2 is 1.64 bits per heavy atom. The van der Waals surface area contributed by atoms with Crippen LogP contribution < -0.4 is 0 Å². The van der Waals surface area contributed by atoms with Crippen LogP contribution in [-0.4, -0.2) is 22.3 Å². The van der Waals surface area contributed by atoms with Crippen LogP contribution in [0.15, 0.2) is 0 Å². The predicted octanol–water partition coefficient (Wildman–Crippen LogP) is 5.35. The first kappa shape index (κ1) is 19.4. The SMILES string of the molecule is CC(C)(C)CC(C(=O)OC12CC3CC4C5(O)CC(CC1C5)CC42C3)C(C)(C)C. The van der Waals surface area contributed by atoms with Gasteiger partial charge in [-0.25, -0.2) is 0 Å². The molecule has 1 spiro atoms. The molecule has 3 heteroatoms. The molecule has 3 nitrogen and oxygen atoms in total. The molecule has 0 aromatic rings. The van der Waals surface area contributed by atoms with Crippen molar-refractivity contribution in [2.75, 3.05) is 0 Å². The molecule has 6 aliphatic carbocycles. The van der Waals surface area contributed by atoms with Gasteiger partial charge in [-0.3, -0.25) is 4.79 Å². The molecular weight excluding hydrogens is 348 g/mol. The molecule has 6 aliphatic rings. The second-order valence-corrected chi connectivity index (χ2v) is 13.7. The van der Waals surface area contributed by atoms with Gasteiger partial charge in [0.1, 0.15) is 5.60 Å². The highest BCUT2D eigenvalue weighted by atomic mass is 16.6. The lowest BCUT2D eigenvalue weighted by atomic mass is 9.38. The van der Waals surface area contributed by atoms with E-state index < -0.39 is 5.60 Å². The van der Waals surface area contributed by atoms with Crippen LogP contribution in [0.25, 0.3) is 0 Å². The maximum Gasteiger partial charge on any atom is 0.310 e. The minimum Gasteiger partial charge on any atom is -0.458 e. The van der Waals surface area contributed by atoms with Gasteiger partial charge in [0.05, 0.1) is 11.5 Å². The Labute approximate surface area is 171 Å². The summed E-state index contributed by atoms with van der Waals surface area (Å²) in [6.45, 7) is 13.2. The van der Waals surface area contributed by atoms with Gasteiger partial charge in [0.2, 0.25) is 0 Å². The summed E-state index contributed by atoms with van der Waals surface area (Å²) in [5.74, 6) is 2.02. The average Bonchev–Trinajstić information content (AvgIpc) is 3.02. The minimum absolute atomic E-state index is 0.0440. The Balaban J connectivity index is 1.49. The van der Waals surface area contributed by atoms with E-state index in [0.717, 1.165) is 32.1 Å². The zero-order chi connectivity index (χ0) is 20.3. The minimum atomic E-state index is -0.467. The number of aliphatic hydroxyl groups is 1. The number of rotatable bonds is 3. The van der Waals surface area contributed by atoms with Crippen LogP contribution in [-0.2, 0) is 9.53 Å². The van der Waals surface area contributed by atoms with Gasteiger partial charge in [-0.05, 0) is 80.0 Å². The van der Waals surface area contributed by atoms with Crippen LogP contribution in [0.1, 0.15) is 92.9 Å². The van der Waals surface area contributed by atoms with Crippen molar-refractivity contribution in [3.63, 3.8) is 0 Å². The zero-order valence-electron chi connectivity index (χ0n) is 18.8. The highest BCUT2D eigenvalue weighted by Gasteiger charge is 2.81. The summed E-state index contributed by atoms with van der Waals surface area (Å²) in [6.07, 6.45) is 8.52. The van der Waals surface area contributed by atoms with Crippen molar-refractivity contribution < 1.29 is 14.6 Å². The molecule has 0 amide bonds. The molecule has 8 unspecified atom stereocenters. The van der Waals surface area contributed by atoms with Gasteiger partial charge >= 0.3 is 5.97 Å². The van der Waals surface area contributed by atoms with Crippen molar-refractivity contribution in [3.05, 3.63) is 0 Å². The quantitative estimate of drug-likeness (QED) is 0.663. The van der Waals surface area contributed by atoms with Crippen molar-refractivity contribution in [2.45, 2.75) is 104 Å². The number of carbonyl (C=O) groups is 1. The first-order chi connectivity index (χ1) is 12.8. The van der Waals surface area contributed by atoms with Crippen molar-refractivity contribution in [1.82, 2.24) is 0 Å². The molecule has 1 N–H and O–H groups in total. The van der Waals surface area contributed by atoms with Crippen molar-refractivity contribution in [2.24, 2.45) is 45.8 Å². The molecule has 0 radical (unpaired) electrons. The fourth-order valence-electron chi connectivity index (χ4n) is 8.98. The second kappa shape index (κ2) is 5.37. The van der Waals surface area contributed by atoms with Crippen LogP contribution in [0.3, 0.4) is 0 Å². The van der Waals surface area contributed by atoms with E-state index in [0.29, 0.717) is 23.7 Å². The van der Waals surface area contributed by atoms with Crippen LogP contribution >= 0.6 is 0 Å². The lowest BCUT2D eigenvalue weighted by molar-refractivity contribution is -0.305. The maximum absolute atomic E-state index is 13.7. The number of fused-ring (bicyclic) bond motifs is 1. The van der Waals surface area contributed by atoms with Crippen LogP contribution in [0.4, 0.5) is 0 Å². The van der Waals surface area contributed by atoms with E-state index in [1.54, 1.807) is 0 Å². The summed E-state index contributed by atoms with van der Waals surface area (Å²) in [6, 6.07) is 0. The zero-order valence-corrected chi connectivity index (χ0v) is 18.8. The van der Waals surface area contributed by atoms with E-state index in [4.69, 9.17) is 4.74 Å². The molecule has 6 saturated carbocycles. The molecule has 158 valence electrons. The first-order valence-electron chi connectivity index (χ1n) is 11.7. The Bertz CT molecular complexity index is 700. The lowest BCUT2D eigenvalue weighted by Gasteiger charge is -2.70. The summed E-state index contributed by atoms with van der Waals surface area (Å²) >= 11 is 0. The topological polar surface area (TPSA) is 46.5 Å². The van der Waals surface area contributed by atoms with Crippen LogP contribution in [0.5, 0.6) is 0 Å². The maximum atomic E-state index is 13.7. The molecule has 0 aromatic heterocycles. The molecule has 5 bridgehead atoms. The monoisotopic (exact) mass is 388 g/mol. The Hall–Kier alpha value is -0.570. The fourth-order valence-corrected chi connectivity index (χ4v) is 8.98. The van der Waals surface area contributed by atoms with Crippen molar-refractivity contribution in [3.8, 4) is 0 Å². The van der Waals surface area contributed by atoms with Crippen LogP contribution in [0, 0.1) is 45.8 Å². The molecule has 0 aliphatic heterocycles. The van der Waals surface area contributed by atoms with Crippen molar-refractivity contribution in [1.29, 1.82) is 0 Å². The normalized spacial score (nSPS) is 49.5. The number of ether oxygens (including phenoxy) is 1. The van der Waals surface area contributed by atoms with Gasteiger partial charge in [0.25, 0.3) is 0 Å². The lowest BCUT2D eigenvalue weighted by Crippen LogP contribution is -2.73. The van der Waals surface area contributed by atoms with E-state index in [2.05, 4.69) is 41.5 Å². The molecule has 6 fully saturated rings. The highest BCUT2D eigenvalue weighted by molar-refractivity contribution is 5.74. The third-order valence-electron chi connectivity index (χ3n) is 9.57. The Morgan fingerprint density at radius 3 is 2.25 bits per heavy atom. The molecule has 6 rings (SSSR count). The fraction of sp³-hybridized carbons (Fsp3) is 0.960. The third kappa shape index (κ3) is 2.41. The number of esters is 1. The first-order valence-corrected chi connectivity index (χ1v) is 11.7. The summed E-state index contributed by atoms with van der Waals surface area (Å²) in [4.78, 5) is 13.7. The highest BCUT2D eigenvalue weighted by Crippen LogP contribution is 2.80. The van der Waals surface area contributed by atoms with E-state index >= 15 is 0 Å². The summed E-state index contributed by atoms with van der Waals surface area (Å²) in [7, 11) is 0. The molecule has 28 heavy (non-hydrogen) atoms. The average molecular weight is 389 g/mol. The van der Waals surface area contributed by atoms with Gasteiger partial charge in [0.15, 0.2) is 0 Å². The number of carbonyl (C=O) groups excluding carboxylic acids is 1. The summed E-state index contributed by atoms with van der Waals surface area (Å²) in [5.41, 5.74) is -0.659. The van der Waals surface area contributed by atoms with Gasteiger partial charge in [-0.2, -0.15) is 0 Å².